The highest BCUT2D eigenvalue weighted by Gasteiger charge is 2.10. The number of carbonyl (C=O) groups is 2. The molecule has 0 aliphatic heterocycles. The van der Waals surface area contributed by atoms with E-state index < -0.39 is 5.97 Å². The molecule has 0 spiro atoms. The quantitative estimate of drug-likeness (QED) is 0.659. The minimum absolute atomic E-state index is 0.208. The van der Waals surface area contributed by atoms with Gasteiger partial charge in [-0.2, -0.15) is 5.10 Å². The summed E-state index contributed by atoms with van der Waals surface area (Å²) in [5.41, 5.74) is 2.91. The van der Waals surface area contributed by atoms with Crippen molar-refractivity contribution in [3.8, 4) is 11.3 Å². The Labute approximate surface area is 150 Å². The number of aromatic nitrogens is 2. The molecule has 0 unspecified atom stereocenters. The van der Waals surface area contributed by atoms with Gasteiger partial charge in [-0.05, 0) is 23.3 Å². The van der Waals surface area contributed by atoms with Crippen LogP contribution in [0.5, 0.6) is 0 Å². The number of nitrogens with one attached hydrogen (secondary N) is 2. The number of hydrogen-bond donors (Lipinski definition) is 3. The maximum Gasteiger partial charge on any atom is 0.335 e. The molecule has 1 aromatic heterocycles. The molecule has 0 fully saturated rings. The lowest BCUT2D eigenvalue weighted by atomic mass is 10.1. The summed E-state index contributed by atoms with van der Waals surface area (Å²) in [4.78, 5) is 22.9. The first kappa shape index (κ1) is 17.2. The number of aryl methyl sites for hydroxylation is 1. The number of anilines is 1. The minimum atomic E-state index is -0.980. The monoisotopic (exact) mass is 350 g/mol. The average molecular weight is 350 g/mol. The highest BCUT2D eigenvalue weighted by Crippen LogP contribution is 2.21. The van der Waals surface area contributed by atoms with E-state index in [0.717, 1.165) is 16.8 Å². The summed E-state index contributed by atoms with van der Waals surface area (Å²) in [5, 5.41) is 18.6. The first-order valence-corrected chi connectivity index (χ1v) is 7.99. The van der Waals surface area contributed by atoms with Gasteiger partial charge in [0.15, 0.2) is 5.82 Å². The topological polar surface area (TPSA) is 96.3 Å². The lowest BCUT2D eigenvalue weighted by Gasteiger charge is -2.06. The predicted molar refractivity (Wildman–Crippen MR) is 97.9 cm³/mol. The third-order valence-corrected chi connectivity index (χ3v) is 3.84. The fourth-order valence-corrected chi connectivity index (χ4v) is 2.52. The lowest BCUT2D eigenvalue weighted by Crippen LogP contribution is -2.28. The lowest BCUT2D eigenvalue weighted by molar-refractivity contribution is 0.0697. The number of aromatic carboxylic acids is 1. The summed E-state index contributed by atoms with van der Waals surface area (Å²) in [5.74, 6) is -0.531. The van der Waals surface area contributed by atoms with Gasteiger partial charge in [0.25, 0.3) is 0 Å². The molecular weight excluding hydrogens is 332 g/mol. The zero-order valence-corrected chi connectivity index (χ0v) is 14.1. The van der Waals surface area contributed by atoms with Gasteiger partial charge in [-0.25, -0.2) is 9.59 Å². The Balaban J connectivity index is 1.59. The van der Waals surface area contributed by atoms with E-state index >= 15 is 0 Å². The molecule has 132 valence electrons. The summed E-state index contributed by atoms with van der Waals surface area (Å²) in [6.07, 6.45) is 0. The second kappa shape index (κ2) is 7.52. The Morgan fingerprint density at radius 2 is 1.77 bits per heavy atom. The van der Waals surface area contributed by atoms with Gasteiger partial charge in [0, 0.05) is 19.7 Å². The summed E-state index contributed by atoms with van der Waals surface area (Å²) in [6, 6.07) is 17.5. The molecule has 7 nitrogen and oxygen atoms in total. The molecule has 0 radical (unpaired) electrons. The Morgan fingerprint density at radius 1 is 1.08 bits per heavy atom. The van der Waals surface area contributed by atoms with Crippen LogP contribution in [0.25, 0.3) is 11.3 Å². The zero-order chi connectivity index (χ0) is 18.5. The van der Waals surface area contributed by atoms with E-state index in [0.29, 0.717) is 5.82 Å². The third-order valence-electron chi connectivity index (χ3n) is 3.84. The third kappa shape index (κ3) is 4.07. The number of amides is 2. The fourth-order valence-electron chi connectivity index (χ4n) is 2.52. The van der Waals surface area contributed by atoms with Crippen molar-refractivity contribution in [3.05, 3.63) is 71.8 Å². The molecule has 2 aromatic carbocycles. The van der Waals surface area contributed by atoms with Crippen LogP contribution in [0.3, 0.4) is 0 Å². The van der Waals surface area contributed by atoms with Crippen LogP contribution in [0.2, 0.25) is 0 Å². The zero-order valence-electron chi connectivity index (χ0n) is 14.1. The van der Waals surface area contributed by atoms with E-state index in [-0.39, 0.29) is 18.1 Å². The summed E-state index contributed by atoms with van der Waals surface area (Å²) in [7, 11) is 1.81. The SMILES string of the molecule is Cn1nc(NC(=O)NCc2ccc(C(=O)O)cc2)cc1-c1ccccc1. The Kier molecular flexibility index (Phi) is 4.98. The highest BCUT2D eigenvalue weighted by molar-refractivity contribution is 5.89. The molecule has 0 aliphatic carbocycles. The van der Waals surface area contributed by atoms with Gasteiger partial charge < -0.3 is 10.4 Å². The Morgan fingerprint density at radius 3 is 2.42 bits per heavy atom. The van der Waals surface area contributed by atoms with Gasteiger partial charge in [-0.1, -0.05) is 42.5 Å². The summed E-state index contributed by atoms with van der Waals surface area (Å²) >= 11 is 0. The Bertz CT molecular complexity index is 918. The fraction of sp³-hybridized carbons (Fsp3) is 0.105. The predicted octanol–water partition coefficient (Wildman–Crippen LogP) is 3.11. The van der Waals surface area contributed by atoms with Crippen molar-refractivity contribution in [2.45, 2.75) is 6.54 Å². The van der Waals surface area contributed by atoms with Gasteiger partial charge in [-0.3, -0.25) is 10.00 Å². The number of carboxylic acid groups (broad SMARTS) is 1. The van der Waals surface area contributed by atoms with Crippen LogP contribution in [-0.4, -0.2) is 26.9 Å². The van der Waals surface area contributed by atoms with Crippen molar-refractivity contribution in [2.75, 3.05) is 5.32 Å². The molecule has 1 heterocycles. The van der Waals surface area contributed by atoms with Crippen LogP contribution in [0, 0.1) is 0 Å². The number of urea groups is 1. The maximum absolute atomic E-state index is 12.1. The number of carbonyl (C=O) groups excluding carboxylic acids is 1. The largest absolute Gasteiger partial charge is 0.478 e. The second-order valence-corrected chi connectivity index (χ2v) is 5.71. The number of benzene rings is 2. The van der Waals surface area contributed by atoms with E-state index in [1.165, 1.54) is 12.1 Å². The van der Waals surface area contributed by atoms with Crippen LogP contribution in [0.1, 0.15) is 15.9 Å². The maximum atomic E-state index is 12.1. The summed E-state index contributed by atoms with van der Waals surface area (Å²) < 4.78 is 1.70. The Hall–Kier alpha value is -3.61. The van der Waals surface area contributed by atoms with E-state index in [4.69, 9.17) is 5.11 Å². The van der Waals surface area contributed by atoms with Gasteiger partial charge in [0.2, 0.25) is 0 Å². The highest BCUT2D eigenvalue weighted by atomic mass is 16.4. The molecule has 26 heavy (non-hydrogen) atoms. The normalized spacial score (nSPS) is 10.3. The number of hydrogen-bond acceptors (Lipinski definition) is 3. The molecule has 2 amide bonds. The van der Waals surface area contributed by atoms with Crippen molar-refractivity contribution in [1.82, 2.24) is 15.1 Å². The van der Waals surface area contributed by atoms with Crippen molar-refractivity contribution in [2.24, 2.45) is 7.05 Å². The van der Waals surface area contributed by atoms with Crippen LogP contribution < -0.4 is 10.6 Å². The minimum Gasteiger partial charge on any atom is -0.478 e. The second-order valence-electron chi connectivity index (χ2n) is 5.71. The standard InChI is InChI=1S/C19H18N4O3/c1-23-16(14-5-3-2-4-6-14)11-17(22-23)21-19(26)20-12-13-7-9-15(10-8-13)18(24)25/h2-11H,12H2,1H3,(H,24,25)(H2,20,21,22,26). The number of nitrogens with zero attached hydrogens (tertiary/aromatic N) is 2. The molecule has 3 N–H and O–H groups in total. The van der Waals surface area contributed by atoms with Gasteiger partial charge in [-0.15, -0.1) is 0 Å². The molecule has 0 atom stereocenters. The van der Waals surface area contributed by atoms with E-state index in [2.05, 4.69) is 15.7 Å². The molecule has 0 saturated carbocycles. The number of rotatable bonds is 5. The smallest absolute Gasteiger partial charge is 0.335 e. The van der Waals surface area contributed by atoms with Crippen LogP contribution in [0.15, 0.2) is 60.7 Å². The van der Waals surface area contributed by atoms with Crippen molar-refractivity contribution < 1.29 is 14.7 Å². The van der Waals surface area contributed by atoms with Gasteiger partial charge in [0.05, 0.1) is 11.3 Å². The molecule has 0 aliphatic rings. The van der Waals surface area contributed by atoms with Crippen LogP contribution in [0.4, 0.5) is 10.6 Å². The molecule has 0 bridgehead atoms. The van der Waals surface area contributed by atoms with Crippen LogP contribution >= 0.6 is 0 Å². The molecule has 3 rings (SSSR count). The molecule has 3 aromatic rings. The number of carboxylic acids is 1. The molecular formula is C19H18N4O3. The van der Waals surface area contributed by atoms with Crippen LogP contribution in [-0.2, 0) is 13.6 Å². The van der Waals surface area contributed by atoms with E-state index in [9.17, 15) is 9.59 Å². The van der Waals surface area contributed by atoms with Crippen molar-refractivity contribution >= 4 is 17.8 Å². The molecule has 0 saturated heterocycles. The van der Waals surface area contributed by atoms with E-state index in [1.807, 2.05) is 37.4 Å². The van der Waals surface area contributed by atoms with Crippen molar-refractivity contribution in [3.63, 3.8) is 0 Å². The first-order valence-electron chi connectivity index (χ1n) is 7.99. The van der Waals surface area contributed by atoms with Gasteiger partial charge in [0.1, 0.15) is 0 Å². The average Bonchev–Trinajstić information content (AvgIpc) is 3.01. The summed E-state index contributed by atoms with van der Waals surface area (Å²) in [6.45, 7) is 0.282. The first-order chi connectivity index (χ1) is 12.5. The van der Waals surface area contributed by atoms with Gasteiger partial charge >= 0.3 is 12.0 Å². The van der Waals surface area contributed by atoms with Crippen molar-refractivity contribution in [1.29, 1.82) is 0 Å². The molecule has 7 heteroatoms. The van der Waals surface area contributed by atoms with E-state index in [1.54, 1.807) is 22.9 Å².